The van der Waals surface area contributed by atoms with Gasteiger partial charge in [-0.3, -0.25) is 4.79 Å². The molecule has 1 aromatic carbocycles. The number of methoxy groups -OCH3 is 1. The molecule has 2 heterocycles. The molecule has 0 N–H and O–H groups in total. The summed E-state index contributed by atoms with van der Waals surface area (Å²) in [5, 5.41) is 8.16. The van der Waals surface area contributed by atoms with E-state index in [4.69, 9.17) is 9.47 Å². The van der Waals surface area contributed by atoms with Crippen molar-refractivity contribution in [3.05, 3.63) is 41.6 Å². The third kappa shape index (κ3) is 3.41. The van der Waals surface area contributed by atoms with Crippen molar-refractivity contribution in [2.75, 3.05) is 20.2 Å². The highest BCUT2D eigenvalue weighted by Gasteiger charge is 2.31. The largest absolute Gasteiger partial charge is 0.479 e. The monoisotopic (exact) mass is 330 g/mol. The van der Waals surface area contributed by atoms with Crippen molar-refractivity contribution in [2.45, 2.75) is 32.6 Å². The molecule has 24 heavy (non-hydrogen) atoms. The molecule has 1 saturated heterocycles. The van der Waals surface area contributed by atoms with Gasteiger partial charge in [0.15, 0.2) is 0 Å². The fraction of sp³-hybridized carbons (Fsp3) is 0.471. The minimum absolute atomic E-state index is 0.00283. The minimum atomic E-state index is -0.173. The van der Waals surface area contributed by atoms with Gasteiger partial charge in [0.1, 0.15) is 0 Å². The molecule has 3 rings (SSSR count). The topological polar surface area (TPSA) is 69.5 Å². The van der Waals surface area contributed by atoms with Crippen LogP contribution in [0.25, 0.3) is 0 Å². The van der Waals surface area contributed by atoms with Crippen LogP contribution >= 0.6 is 0 Å². The van der Waals surface area contributed by atoms with Crippen LogP contribution in [0.3, 0.4) is 0 Å². The Hall–Kier alpha value is -2.41. The second kappa shape index (κ2) is 7.00. The van der Waals surface area contributed by atoms with E-state index in [1.165, 1.54) is 7.11 Å². The van der Waals surface area contributed by atoms with E-state index in [0.29, 0.717) is 25.5 Å². The first-order valence-corrected chi connectivity index (χ1v) is 8.04. The Bertz CT molecular complexity index is 691. The summed E-state index contributed by atoms with van der Waals surface area (Å²) in [4.78, 5) is 14.6. The zero-order valence-electron chi connectivity index (χ0n) is 14.2. The minimum Gasteiger partial charge on any atom is -0.479 e. The Balaban J connectivity index is 1.82. The van der Waals surface area contributed by atoms with Crippen molar-refractivity contribution in [1.82, 2.24) is 19.9 Å². The van der Waals surface area contributed by atoms with Crippen LogP contribution in [0.4, 0.5) is 0 Å². The van der Waals surface area contributed by atoms with Crippen LogP contribution in [0.5, 0.6) is 5.88 Å². The Morgan fingerprint density at radius 3 is 2.54 bits per heavy atom. The van der Waals surface area contributed by atoms with Crippen molar-refractivity contribution in [1.29, 1.82) is 0 Å². The summed E-state index contributed by atoms with van der Waals surface area (Å²) in [6, 6.07) is 9.86. The van der Waals surface area contributed by atoms with Gasteiger partial charge in [-0.1, -0.05) is 35.5 Å². The van der Waals surface area contributed by atoms with Gasteiger partial charge in [0.2, 0.25) is 11.6 Å². The van der Waals surface area contributed by atoms with E-state index in [-0.39, 0.29) is 23.8 Å². The third-order valence-electron chi connectivity index (χ3n) is 3.97. The zero-order chi connectivity index (χ0) is 17.1. The number of ether oxygens (including phenoxy) is 2. The van der Waals surface area contributed by atoms with Crippen LogP contribution in [0, 0.1) is 0 Å². The number of rotatable bonds is 4. The lowest BCUT2D eigenvalue weighted by molar-refractivity contribution is -0.0588. The van der Waals surface area contributed by atoms with Gasteiger partial charge in [0.25, 0.3) is 5.91 Å². The number of hydrogen-bond donors (Lipinski definition) is 0. The Kier molecular flexibility index (Phi) is 4.80. The van der Waals surface area contributed by atoms with Gasteiger partial charge < -0.3 is 14.4 Å². The molecule has 1 aliphatic heterocycles. The van der Waals surface area contributed by atoms with Crippen molar-refractivity contribution in [3.8, 4) is 5.88 Å². The molecular weight excluding hydrogens is 308 g/mol. The maximum Gasteiger partial charge on any atom is 0.280 e. The van der Waals surface area contributed by atoms with Crippen LogP contribution < -0.4 is 4.74 Å². The van der Waals surface area contributed by atoms with E-state index in [9.17, 15) is 4.79 Å². The standard InChI is InChI=1S/C17H22N4O3/c1-12-9-20(10-13(2)24-12)16(22)15-17(23-3)21(19-18-15)11-14-7-5-4-6-8-14/h4-8,12-13H,9-11H2,1-3H3. The molecule has 7 nitrogen and oxygen atoms in total. The first-order chi connectivity index (χ1) is 11.6. The molecule has 0 saturated carbocycles. The summed E-state index contributed by atoms with van der Waals surface area (Å²) in [5.74, 6) is 0.212. The maximum atomic E-state index is 12.8. The fourth-order valence-corrected chi connectivity index (χ4v) is 2.99. The SMILES string of the molecule is COc1c(C(=O)N2CC(C)OC(C)C2)nnn1Cc1ccccc1. The van der Waals surface area contributed by atoms with Gasteiger partial charge in [-0.05, 0) is 19.4 Å². The molecular formula is C17H22N4O3. The predicted octanol–water partition coefficient (Wildman–Crippen LogP) is 1.58. The van der Waals surface area contributed by atoms with Gasteiger partial charge >= 0.3 is 0 Å². The van der Waals surface area contributed by atoms with Gasteiger partial charge in [-0.25, -0.2) is 4.68 Å². The number of amides is 1. The van der Waals surface area contributed by atoms with Crippen LogP contribution in [0.1, 0.15) is 29.9 Å². The van der Waals surface area contributed by atoms with Crippen LogP contribution in [-0.2, 0) is 11.3 Å². The molecule has 2 unspecified atom stereocenters. The van der Waals surface area contributed by atoms with Crippen molar-refractivity contribution in [3.63, 3.8) is 0 Å². The molecule has 1 amide bonds. The number of aromatic nitrogens is 3. The first-order valence-electron chi connectivity index (χ1n) is 8.04. The van der Waals surface area contributed by atoms with Gasteiger partial charge in [0.05, 0.1) is 25.9 Å². The molecule has 128 valence electrons. The Labute approximate surface area is 141 Å². The van der Waals surface area contributed by atoms with Crippen molar-refractivity contribution >= 4 is 5.91 Å². The van der Waals surface area contributed by atoms with Gasteiger partial charge in [0, 0.05) is 13.1 Å². The number of nitrogens with zero attached hydrogens (tertiary/aromatic N) is 4. The zero-order valence-corrected chi connectivity index (χ0v) is 14.2. The van der Waals surface area contributed by atoms with E-state index in [1.54, 1.807) is 9.58 Å². The normalized spacial score (nSPS) is 20.9. The average Bonchev–Trinajstić information content (AvgIpc) is 2.96. The average molecular weight is 330 g/mol. The van der Waals surface area contributed by atoms with Crippen LogP contribution in [0.2, 0.25) is 0 Å². The second-order valence-electron chi connectivity index (χ2n) is 6.06. The highest BCUT2D eigenvalue weighted by molar-refractivity contribution is 5.94. The van der Waals surface area contributed by atoms with E-state index < -0.39 is 0 Å². The molecule has 1 aliphatic rings. The summed E-state index contributed by atoms with van der Waals surface area (Å²) < 4.78 is 12.7. The van der Waals surface area contributed by atoms with Crippen LogP contribution in [0.15, 0.2) is 30.3 Å². The molecule has 0 bridgehead atoms. The lowest BCUT2D eigenvalue weighted by atomic mass is 10.2. The third-order valence-corrected chi connectivity index (χ3v) is 3.97. The summed E-state index contributed by atoms with van der Waals surface area (Å²) in [7, 11) is 1.53. The summed E-state index contributed by atoms with van der Waals surface area (Å²) in [6.07, 6.45) is 0.00566. The van der Waals surface area contributed by atoms with Crippen molar-refractivity contribution in [2.24, 2.45) is 0 Å². The molecule has 0 spiro atoms. The van der Waals surface area contributed by atoms with Gasteiger partial charge in [-0.2, -0.15) is 0 Å². The predicted molar refractivity (Wildman–Crippen MR) is 88.0 cm³/mol. The number of carbonyl (C=O) groups excluding carboxylic acids is 1. The molecule has 2 atom stereocenters. The number of morpholine rings is 1. The highest BCUT2D eigenvalue weighted by atomic mass is 16.5. The van der Waals surface area contributed by atoms with E-state index in [0.717, 1.165) is 5.56 Å². The quantitative estimate of drug-likeness (QED) is 0.851. The van der Waals surface area contributed by atoms with Crippen molar-refractivity contribution < 1.29 is 14.3 Å². The number of benzene rings is 1. The Morgan fingerprint density at radius 2 is 1.92 bits per heavy atom. The molecule has 0 radical (unpaired) electrons. The molecule has 2 aromatic rings. The molecule has 1 fully saturated rings. The number of hydrogen-bond acceptors (Lipinski definition) is 5. The maximum absolute atomic E-state index is 12.8. The highest BCUT2D eigenvalue weighted by Crippen LogP contribution is 2.21. The molecule has 0 aliphatic carbocycles. The smallest absolute Gasteiger partial charge is 0.280 e. The number of carbonyl (C=O) groups is 1. The fourth-order valence-electron chi connectivity index (χ4n) is 2.99. The van der Waals surface area contributed by atoms with Gasteiger partial charge in [-0.15, -0.1) is 5.10 Å². The van der Waals surface area contributed by atoms with E-state index in [2.05, 4.69) is 10.3 Å². The van der Waals surface area contributed by atoms with Crippen LogP contribution in [-0.4, -0.2) is 58.2 Å². The van der Waals surface area contributed by atoms with E-state index >= 15 is 0 Å². The summed E-state index contributed by atoms with van der Waals surface area (Å²) in [6.45, 7) is 5.49. The summed E-state index contributed by atoms with van der Waals surface area (Å²) >= 11 is 0. The molecule has 1 aromatic heterocycles. The second-order valence-corrected chi connectivity index (χ2v) is 6.06. The Morgan fingerprint density at radius 1 is 1.25 bits per heavy atom. The lowest BCUT2D eigenvalue weighted by Crippen LogP contribution is -2.48. The lowest BCUT2D eigenvalue weighted by Gasteiger charge is -2.34. The van der Waals surface area contributed by atoms with E-state index in [1.807, 2.05) is 44.2 Å². The molecule has 7 heteroatoms. The first kappa shape index (κ1) is 16.4. The summed E-state index contributed by atoms with van der Waals surface area (Å²) in [5.41, 5.74) is 1.31.